The highest BCUT2D eigenvalue weighted by Gasteiger charge is 2.38. The topological polar surface area (TPSA) is 83.3 Å². The van der Waals surface area contributed by atoms with Gasteiger partial charge in [0.05, 0.1) is 20.6 Å². The molecule has 0 aliphatic carbocycles. The third-order valence-electron chi connectivity index (χ3n) is 3.25. The van der Waals surface area contributed by atoms with E-state index in [9.17, 15) is 9.90 Å². The van der Waals surface area contributed by atoms with Crippen molar-refractivity contribution >= 4 is 62.6 Å². The van der Waals surface area contributed by atoms with Crippen LogP contribution in [0.4, 0.5) is 0 Å². The second-order valence-corrected chi connectivity index (χ2v) is 7.87. The molecular formula is C15H11IN2O3S2. The van der Waals surface area contributed by atoms with Gasteiger partial charge in [-0.2, -0.15) is 0 Å². The lowest BCUT2D eigenvalue weighted by Gasteiger charge is -2.07. The van der Waals surface area contributed by atoms with E-state index in [-0.39, 0.29) is 16.6 Å². The fraction of sp³-hybridized carbons (Fsp3) is 0.133. The first-order valence-corrected chi connectivity index (χ1v) is 9.27. The van der Waals surface area contributed by atoms with Crippen LogP contribution in [0.3, 0.4) is 0 Å². The summed E-state index contributed by atoms with van der Waals surface area (Å²) >= 11 is 4.54. The number of ether oxygens (including phenoxy) is 1. The van der Waals surface area contributed by atoms with Gasteiger partial charge in [-0.15, -0.1) is 11.3 Å². The van der Waals surface area contributed by atoms with Gasteiger partial charge in [-0.25, -0.2) is 4.98 Å². The van der Waals surface area contributed by atoms with Crippen molar-refractivity contribution < 1.29 is 14.6 Å². The number of benzene rings is 1. The third kappa shape index (κ3) is 3.15. The van der Waals surface area contributed by atoms with Crippen molar-refractivity contribution in [2.75, 3.05) is 7.11 Å². The molecule has 1 aliphatic rings. The minimum Gasteiger partial charge on any atom is -0.504 e. The van der Waals surface area contributed by atoms with Gasteiger partial charge < -0.3 is 9.84 Å². The lowest BCUT2D eigenvalue weighted by molar-refractivity contribution is -0.114. The standard InChI is InChI=1S/C15H11IN2O3S2/c1-21-9-5-7(4-8(16)12(9)19)6-10-13(20)11(14(17)23-10)15-18-2-3-22-15/h2-6,11,17,19H,1H3/b10-6-,17-14?/t11-/m0/s1. The van der Waals surface area contributed by atoms with Gasteiger partial charge in [0.1, 0.15) is 10.9 Å². The molecule has 0 unspecified atom stereocenters. The molecule has 0 radical (unpaired) electrons. The van der Waals surface area contributed by atoms with Gasteiger partial charge in [0, 0.05) is 11.6 Å². The third-order valence-corrected chi connectivity index (χ3v) is 5.91. The number of allylic oxidation sites excluding steroid dienone is 1. The van der Waals surface area contributed by atoms with Crippen LogP contribution in [0.1, 0.15) is 16.5 Å². The normalized spacial score (nSPS) is 19.6. The Kier molecular flexibility index (Phi) is 4.74. The van der Waals surface area contributed by atoms with Crippen LogP contribution in [0.25, 0.3) is 6.08 Å². The predicted octanol–water partition coefficient (Wildman–Crippen LogP) is 3.88. The zero-order valence-electron chi connectivity index (χ0n) is 11.9. The minimum atomic E-state index is -0.593. The van der Waals surface area contributed by atoms with Crippen molar-refractivity contribution in [2.24, 2.45) is 0 Å². The number of thiazole rings is 1. The number of hydrogen-bond donors (Lipinski definition) is 2. The average molecular weight is 458 g/mol. The number of thioether (sulfide) groups is 1. The van der Waals surface area contributed by atoms with E-state index in [1.807, 2.05) is 22.6 Å². The highest BCUT2D eigenvalue weighted by molar-refractivity contribution is 14.1. The zero-order valence-corrected chi connectivity index (χ0v) is 15.7. The lowest BCUT2D eigenvalue weighted by Crippen LogP contribution is -2.11. The quantitative estimate of drug-likeness (QED) is 0.539. The second kappa shape index (κ2) is 6.62. The molecule has 23 heavy (non-hydrogen) atoms. The summed E-state index contributed by atoms with van der Waals surface area (Å²) in [6, 6.07) is 3.43. The van der Waals surface area contributed by atoms with Gasteiger partial charge in [-0.1, -0.05) is 11.8 Å². The Morgan fingerprint density at radius 3 is 2.91 bits per heavy atom. The monoisotopic (exact) mass is 458 g/mol. The first-order valence-electron chi connectivity index (χ1n) is 6.49. The summed E-state index contributed by atoms with van der Waals surface area (Å²) in [5.74, 6) is -0.277. The first-order chi connectivity index (χ1) is 11.0. The fourth-order valence-corrected chi connectivity index (χ4v) is 4.61. The van der Waals surface area contributed by atoms with Gasteiger partial charge in [-0.05, 0) is 46.4 Å². The van der Waals surface area contributed by atoms with Crippen LogP contribution in [0, 0.1) is 8.98 Å². The average Bonchev–Trinajstić information content (AvgIpc) is 3.12. The van der Waals surface area contributed by atoms with Crippen LogP contribution >= 0.6 is 45.7 Å². The smallest absolute Gasteiger partial charge is 0.186 e. The maximum atomic E-state index is 12.6. The zero-order chi connectivity index (χ0) is 16.6. The number of Topliss-reactive ketones (excluding diaryl/α,β-unsaturated/α-hetero) is 1. The number of carbonyl (C=O) groups excluding carboxylic acids is 1. The SMILES string of the molecule is COc1cc(/C=C2\SC(=N)[C@@H](c3nccs3)C2=O)cc(I)c1O. The molecule has 0 spiro atoms. The number of halogens is 1. The maximum absolute atomic E-state index is 12.6. The largest absolute Gasteiger partial charge is 0.504 e. The molecule has 0 amide bonds. The van der Waals surface area contributed by atoms with Crippen LogP contribution in [0.2, 0.25) is 0 Å². The van der Waals surface area contributed by atoms with E-state index >= 15 is 0 Å². The summed E-state index contributed by atoms with van der Waals surface area (Å²) in [6.07, 6.45) is 3.36. The molecule has 2 N–H and O–H groups in total. The number of aromatic nitrogens is 1. The molecule has 1 aromatic carbocycles. The number of phenolic OH excluding ortho intramolecular Hbond substituents is 1. The number of carbonyl (C=O) groups is 1. The van der Waals surface area contributed by atoms with Gasteiger partial charge in [0.15, 0.2) is 17.3 Å². The Bertz CT molecular complexity index is 818. The number of nitrogens with one attached hydrogen (secondary N) is 1. The van der Waals surface area contributed by atoms with Crippen molar-refractivity contribution in [3.8, 4) is 11.5 Å². The molecule has 8 heteroatoms. The molecule has 0 saturated carbocycles. The van der Waals surface area contributed by atoms with E-state index in [4.69, 9.17) is 10.1 Å². The van der Waals surface area contributed by atoms with Gasteiger partial charge in [0.2, 0.25) is 0 Å². The molecule has 118 valence electrons. The molecule has 1 aromatic heterocycles. The number of ketones is 1. The summed E-state index contributed by atoms with van der Waals surface area (Å²) in [7, 11) is 1.48. The number of methoxy groups -OCH3 is 1. The van der Waals surface area contributed by atoms with E-state index in [1.165, 1.54) is 18.4 Å². The molecule has 1 atom stereocenters. The predicted molar refractivity (Wildman–Crippen MR) is 101 cm³/mol. The molecule has 1 fully saturated rings. The highest BCUT2D eigenvalue weighted by Crippen LogP contribution is 2.42. The van der Waals surface area contributed by atoms with Gasteiger partial charge in [-0.3, -0.25) is 10.2 Å². The van der Waals surface area contributed by atoms with Crippen LogP contribution in [0.5, 0.6) is 11.5 Å². The molecule has 2 aromatic rings. The van der Waals surface area contributed by atoms with Crippen molar-refractivity contribution in [3.63, 3.8) is 0 Å². The van der Waals surface area contributed by atoms with Crippen molar-refractivity contribution in [2.45, 2.75) is 5.92 Å². The van der Waals surface area contributed by atoms with Crippen LogP contribution in [-0.2, 0) is 4.79 Å². The van der Waals surface area contributed by atoms with E-state index in [2.05, 4.69) is 4.98 Å². The van der Waals surface area contributed by atoms with E-state index in [0.29, 0.717) is 19.2 Å². The summed E-state index contributed by atoms with van der Waals surface area (Å²) in [5.41, 5.74) is 0.743. The summed E-state index contributed by atoms with van der Waals surface area (Å²) in [4.78, 5) is 17.2. The van der Waals surface area contributed by atoms with E-state index < -0.39 is 5.92 Å². The Morgan fingerprint density at radius 2 is 2.26 bits per heavy atom. The molecule has 0 bridgehead atoms. The number of rotatable bonds is 3. The summed E-state index contributed by atoms with van der Waals surface area (Å²) in [6.45, 7) is 0. The fourth-order valence-electron chi connectivity index (χ4n) is 2.18. The van der Waals surface area contributed by atoms with Crippen molar-refractivity contribution in [3.05, 3.63) is 42.8 Å². The molecule has 1 aliphatic heterocycles. The van der Waals surface area contributed by atoms with Gasteiger partial charge in [0.25, 0.3) is 0 Å². The second-order valence-electron chi connectivity index (χ2n) is 4.70. The highest BCUT2D eigenvalue weighted by atomic mass is 127. The summed E-state index contributed by atoms with van der Waals surface area (Å²) < 4.78 is 5.77. The minimum absolute atomic E-state index is 0.0778. The van der Waals surface area contributed by atoms with Crippen molar-refractivity contribution in [1.82, 2.24) is 4.98 Å². The lowest BCUT2D eigenvalue weighted by atomic mass is 10.0. The van der Waals surface area contributed by atoms with Crippen LogP contribution < -0.4 is 4.74 Å². The Hall–Kier alpha value is -1.39. The number of nitrogens with zero attached hydrogens (tertiary/aromatic N) is 1. The first kappa shape index (κ1) is 16.5. The Labute approximate surface area is 154 Å². The molecule has 3 rings (SSSR count). The summed E-state index contributed by atoms with van der Waals surface area (Å²) in [5, 5.41) is 20.7. The number of aromatic hydroxyl groups is 1. The Balaban J connectivity index is 1.97. The molecule has 5 nitrogen and oxygen atoms in total. The van der Waals surface area contributed by atoms with E-state index in [1.54, 1.807) is 29.8 Å². The molecular weight excluding hydrogens is 447 g/mol. The van der Waals surface area contributed by atoms with Crippen molar-refractivity contribution in [1.29, 1.82) is 5.41 Å². The number of phenols is 1. The molecule has 2 heterocycles. The maximum Gasteiger partial charge on any atom is 0.186 e. The Morgan fingerprint density at radius 1 is 1.48 bits per heavy atom. The molecule has 1 saturated heterocycles. The van der Waals surface area contributed by atoms with Crippen LogP contribution in [-0.4, -0.2) is 28.0 Å². The van der Waals surface area contributed by atoms with Crippen LogP contribution in [0.15, 0.2) is 28.6 Å². The van der Waals surface area contributed by atoms with E-state index in [0.717, 1.165) is 17.3 Å². The van der Waals surface area contributed by atoms with Gasteiger partial charge >= 0.3 is 0 Å². The number of hydrogen-bond acceptors (Lipinski definition) is 7.